The van der Waals surface area contributed by atoms with Gasteiger partial charge < -0.3 is 19.5 Å². The molecule has 216 valence electrons. The van der Waals surface area contributed by atoms with E-state index in [1.54, 1.807) is 13.0 Å². The van der Waals surface area contributed by atoms with Crippen LogP contribution >= 0.6 is 0 Å². The number of carbonyl (C=O) groups is 2. The molecule has 2 aliphatic heterocycles. The Hall–Kier alpha value is -2.94. The van der Waals surface area contributed by atoms with Crippen molar-refractivity contribution < 1.29 is 18.7 Å². The number of ether oxygens (including phenoxy) is 1. The van der Waals surface area contributed by atoms with Gasteiger partial charge in [0.05, 0.1) is 24.0 Å². The maximum atomic E-state index is 14.1. The van der Waals surface area contributed by atoms with Crippen molar-refractivity contribution in [2.45, 2.75) is 109 Å². The van der Waals surface area contributed by atoms with E-state index in [2.05, 4.69) is 21.7 Å². The van der Waals surface area contributed by atoms with Crippen LogP contribution in [-0.4, -0.2) is 62.1 Å². The van der Waals surface area contributed by atoms with Gasteiger partial charge in [0.2, 0.25) is 5.91 Å². The van der Waals surface area contributed by atoms with Crippen LogP contribution in [0.15, 0.2) is 24.3 Å². The number of alkyl carbamates (subject to hydrolysis) is 1. The summed E-state index contributed by atoms with van der Waals surface area (Å²) in [5.41, 5.74) is 2.88. The molecule has 2 aliphatic carbocycles. The van der Waals surface area contributed by atoms with Gasteiger partial charge in [-0.3, -0.25) is 9.69 Å². The van der Waals surface area contributed by atoms with Gasteiger partial charge in [0.25, 0.3) is 0 Å². The minimum Gasteiger partial charge on any atom is -0.444 e. The molecule has 3 fully saturated rings. The number of fused-ring (bicyclic) bond motifs is 1. The molecule has 8 nitrogen and oxygen atoms in total. The van der Waals surface area contributed by atoms with Crippen LogP contribution in [0, 0.1) is 18.2 Å². The SMILES string of the molecule is CC(=O)N1CCc2nc(C)n(C3CC4N(CC[C@H](NC(=O)OC(C)(C)C)c5cccc(F)c5)C5CCC54C3)c2C1. The zero-order valence-electron chi connectivity index (χ0n) is 24.4. The standard InChI is InChI=1S/C31H42FN5O3/c1-19-33-25-10-13-35(20(2)38)18-26(25)37(19)23-16-28-31(17-23)12-9-27(31)36(28)14-11-24(21-7-6-8-22(32)15-21)34-29(39)40-30(3,4)5/h6-8,15,23-24,27-28H,9-14,16-18H2,1-5H3,(H,34,39)/t23?,24-,27?,28?,31?/m0/s1. The number of amides is 2. The van der Waals surface area contributed by atoms with E-state index in [1.807, 2.05) is 31.7 Å². The highest BCUT2D eigenvalue weighted by Crippen LogP contribution is 2.67. The lowest BCUT2D eigenvalue weighted by Crippen LogP contribution is -2.74. The average Bonchev–Trinajstić information content (AvgIpc) is 3.40. The predicted octanol–water partition coefficient (Wildman–Crippen LogP) is 5.06. The van der Waals surface area contributed by atoms with Gasteiger partial charge >= 0.3 is 6.09 Å². The molecule has 3 heterocycles. The van der Waals surface area contributed by atoms with Crippen LogP contribution < -0.4 is 5.32 Å². The number of aryl methyl sites for hydroxylation is 1. The molecular formula is C31H42FN5O3. The quantitative estimate of drug-likeness (QED) is 0.543. The minimum atomic E-state index is -0.607. The number of piperidine rings is 1. The average molecular weight is 552 g/mol. The summed E-state index contributed by atoms with van der Waals surface area (Å²) >= 11 is 0. The summed E-state index contributed by atoms with van der Waals surface area (Å²) in [5.74, 6) is 0.879. The second-order valence-electron chi connectivity index (χ2n) is 13.3. The first kappa shape index (κ1) is 27.2. The molecular weight excluding hydrogens is 509 g/mol. The van der Waals surface area contributed by atoms with Gasteiger partial charge in [-0.2, -0.15) is 0 Å². The van der Waals surface area contributed by atoms with Crippen LogP contribution in [0.2, 0.25) is 0 Å². The number of halogens is 1. The summed E-state index contributed by atoms with van der Waals surface area (Å²) in [6, 6.07) is 7.61. The van der Waals surface area contributed by atoms with Crippen LogP contribution in [-0.2, 0) is 22.5 Å². The third-order valence-corrected chi connectivity index (χ3v) is 9.78. The van der Waals surface area contributed by atoms with Crippen molar-refractivity contribution in [3.63, 3.8) is 0 Å². The highest BCUT2D eigenvalue weighted by atomic mass is 19.1. The molecule has 0 bridgehead atoms. The molecule has 5 atom stereocenters. The number of nitrogens with zero attached hydrogens (tertiary/aromatic N) is 4. The molecule has 1 saturated heterocycles. The van der Waals surface area contributed by atoms with Gasteiger partial charge in [0.1, 0.15) is 17.2 Å². The Kier molecular flexibility index (Phi) is 6.71. The summed E-state index contributed by atoms with van der Waals surface area (Å²) in [4.78, 5) is 34.3. The van der Waals surface area contributed by atoms with Gasteiger partial charge in [-0.15, -0.1) is 0 Å². The fraction of sp³-hybridized carbons (Fsp3) is 0.645. The number of benzene rings is 1. The van der Waals surface area contributed by atoms with E-state index in [9.17, 15) is 14.0 Å². The van der Waals surface area contributed by atoms with Crippen LogP contribution in [0.1, 0.15) is 94.7 Å². The van der Waals surface area contributed by atoms with Crippen molar-refractivity contribution in [2.24, 2.45) is 5.41 Å². The summed E-state index contributed by atoms with van der Waals surface area (Å²) in [7, 11) is 0. The molecule has 1 spiro atoms. The monoisotopic (exact) mass is 551 g/mol. The molecule has 1 aromatic heterocycles. The van der Waals surface area contributed by atoms with Gasteiger partial charge in [-0.1, -0.05) is 12.1 Å². The lowest BCUT2D eigenvalue weighted by atomic mass is 9.53. The summed E-state index contributed by atoms with van der Waals surface area (Å²) in [6.07, 6.45) is 5.72. The van der Waals surface area contributed by atoms with E-state index in [-0.39, 0.29) is 17.8 Å². The fourth-order valence-corrected chi connectivity index (χ4v) is 8.07. The number of imidazole rings is 1. The Morgan fingerprint density at radius 3 is 2.75 bits per heavy atom. The van der Waals surface area contributed by atoms with Gasteiger partial charge in [0, 0.05) is 50.0 Å². The van der Waals surface area contributed by atoms with E-state index < -0.39 is 11.7 Å². The number of hydrogen-bond acceptors (Lipinski definition) is 5. The molecule has 40 heavy (non-hydrogen) atoms. The van der Waals surface area contributed by atoms with Crippen LogP contribution in [0.25, 0.3) is 0 Å². The maximum Gasteiger partial charge on any atom is 0.408 e. The van der Waals surface area contributed by atoms with Crippen molar-refractivity contribution in [2.75, 3.05) is 13.1 Å². The summed E-state index contributed by atoms with van der Waals surface area (Å²) < 4.78 is 22.1. The molecule has 4 aliphatic rings. The van der Waals surface area contributed by atoms with Crippen molar-refractivity contribution >= 4 is 12.0 Å². The highest BCUT2D eigenvalue weighted by Gasteiger charge is 2.69. The first-order valence-electron chi connectivity index (χ1n) is 14.8. The Morgan fingerprint density at radius 1 is 1.27 bits per heavy atom. The number of rotatable bonds is 6. The van der Waals surface area contributed by atoms with E-state index in [0.717, 1.165) is 49.4 Å². The van der Waals surface area contributed by atoms with Crippen molar-refractivity contribution in [1.82, 2.24) is 24.7 Å². The Labute approximate surface area is 236 Å². The second kappa shape index (κ2) is 9.86. The lowest BCUT2D eigenvalue weighted by Gasteiger charge is -2.68. The topological polar surface area (TPSA) is 79.7 Å². The number of aromatic nitrogens is 2. The molecule has 1 N–H and O–H groups in total. The minimum absolute atomic E-state index is 0.124. The highest BCUT2D eigenvalue weighted by molar-refractivity contribution is 5.73. The number of carbonyl (C=O) groups excluding carboxylic acids is 2. The molecule has 2 saturated carbocycles. The fourth-order valence-electron chi connectivity index (χ4n) is 8.07. The molecule has 0 radical (unpaired) electrons. The largest absolute Gasteiger partial charge is 0.444 e. The number of likely N-dealkylation sites (tertiary alicyclic amines) is 1. The van der Waals surface area contributed by atoms with Crippen molar-refractivity contribution in [1.29, 1.82) is 0 Å². The van der Waals surface area contributed by atoms with E-state index >= 15 is 0 Å². The Balaban J connectivity index is 1.17. The molecule has 2 amide bonds. The third-order valence-electron chi connectivity index (χ3n) is 9.78. The van der Waals surface area contributed by atoms with E-state index in [4.69, 9.17) is 9.72 Å². The van der Waals surface area contributed by atoms with E-state index in [1.165, 1.54) is 30.7 Å². The summed E-state index contributed by atoms with van der Waals surface area (Å²) in [5, 5.41) is 3.01. The second-order valence-corrected chi connectivity index (χ2v) is 13.3. The Bertz CT molecular complexity index is 1320. The molecule has 4 unspecified atom stereocenters. The van der Waals surface area contributed by atoms with Gasteiger partial charge in [-0.25, -0.2) is 14.2 Å². The lowest BCUT2D eigenvalue weighted by molar-refractivity contribution is -0.188. The van der Waals surface area contributed by atoms with Gasteiger partial charge in [0.15, 0.2) is 0 Å². The van der Waals surface area contributed by atoms with E-state index in [0.29, 0.717) is 36.5 Å². The smallest absolute Gasteiger partial charge is 0.408 e. The normalized spacial score (nSPS) is 28.1. The molecule has 9 heteroatoms. The number of nitrogens with one attached hydrogen (secondary N) is 1. The maximum absolute atomic E-state index is 14.1. The Morgan fingerprint density at radius 2 is 2.08 bits per heavy atom. The first-order chi connectivity index (χ1) is 18.9. The molecule has 6 rings (SSSR count). The van der Waals surface area contributed by atoms with Crippen molar-refractivity contribution in [3.8, 4) is 0 Å². The van der Waals surface area contributed by atoms with Gasteiger partial charge in [-0.05, 0) is 77.5 Å². The van der Waals surface area contributed by atoms with Crippen LogP contribution in [0.5, 0.6) is 0 Å². The zero-order chi connectivity index (χ0) is 28.4. The van der Waals surface area contributed by atoms with Crippen LogP contribution in [0.4, 0.5) is 9.18 Å². The van der Waals surface area contributed by atoms with Crippen LogP contribution in [0.3, 0.4) is 0 Å². The summed E-state index contributed by atoms with van der Waals surface area (Å²) in [6.45, 7) is 11.5. The predicted molar refractivity (Wildman–Crippen MR) is 149 cm³/mol. The zero-order valence-corrected chi connectivity index (χ0v) is 24.4. The van der Waals surface area contributed by atoms with Crippen molar-refractivity contribution in [3.05, 3.63) is 52.9 Å². The molecule has 2 aromatic rings. The molecule has 1 aromatic carbocycles. The first-order valence-corrected chi connectivity index (χ1v) is 14.8. The number of hydrogen-bond donors (Lipinski definition) is 1. The third kappa shape index (κ3) is 4.70.